The maximum Gasteiger partial charge on any atom is 0.375 e. The fraction of sp³-hybridized carbons (Fsp3) is 0.600. The van der Waals surface area contributed by atoms with Crippen LogP contribution in [0.2, 0.25) is 0 Å². The molecule has 1 rings (SSSR count). The number of esters is 1. The third-order valence-corrected chi connectivity index (χ3v) is 1.01. The Morgan fingerprint density at radius 2 is 2.25 bits per heavy atom. The lowest BCUT2D eigenvalue weighted by Crippen LogP contribution is -2.04. The van der Waals surface area contributed by atoms with E-state index in [0.29, 0.717) is 0 Å². The van der Waals surface area contributed by atoms with Crippen LogP contribution in [0.15, 0.2) is 0 Å². The molecular weight excluding hydrogens is 108 g/mol. The summed E-state index contributed by atoms with van der Waals surface area (Å²) in [5.74, 6) is -1.09. The zero-order chi connectivity index (χ0) is 6.15. The lowest BCUT2D eigenvalue weighted by Gasteiger charge is -1.94. The smallest absolute Gasteiger partial charge is 0.375 e. The first-order valence-corrected chi connectivity index (χ1v) is 2.44. The Morgan fingerprint density at radius 1 is 1.62 bits per heavy atom. The molecule has 1 saturated heterocycles. The molecule has 0 aromatic rings. The van der Waals surface area contributed by atoms with Gasteiger partial charge in [0.05, 0.1) is 6.42 Å². The largest absolute Gasteiger partial charge is 0.456 e. The first kappa shape index (κ1) is 5.28. The predicted octanol–water partition coefficient (Wildman–Crippen LogP) is -0.109. The van der Waals surface area contributed by atoms with Crippen LogP contribution in [0.5, 0.6) is 0 Å². The van der Waals surface area contributed by atoms with E-state index in [-0.39, 0.29) is 12.5 Å². The Labute approximate surface area is 46.6 Å². The molecule has 1 aliphatic rings. The van der Waals surface area contributed by atoms with Crippen molar-refractivity contribution >= 4 is 11.8 Å². The first-order valence-electron chi connectivity index (χ1n) is 2.44. The minimum Gasteiger partial charge on any atom is -0.456 e. The molecule has 0 N–H and O–H groups in total. The normalized spacial score (nSPS) is 28.4. The summed E-state index contributed by atoms with van der Waals surface area (Å²) in [5, 5.41) is 0. The van der Waals surface area contributed by atoms with E-state index in [0.717, 1.165) is 0 Å². The van der Waals surface area contributed by atoms with Gasteiger partial charge in [-0.1, -0.05) is 0 Å². The molecule has 0 saturated carbocycles. The van der Waals surface area contributed by atoms with E-state index >= 15 is 0 Å². The second-order valence-corrected chi connectivity index (χ2v) is 1.84. The van der Waals surface area contributed by atoms with Crippen molar-refractivity contribution in [1.29, 1.82) is 0 Å². The SMILES string of the molecule is CC1CC(=O)C(=O)O1. The molecule has 0 aromatic carbocycles. The Morgan fingerprint density at radius 3 is 2.38 bits per heavy atom. The van der Waals surface area contributed by atoms with Crippen LogP contribution >= 0.6 is 0 Å². The maximum atomic E-state index is 10.3. The van der Waals surface area contributed by atoms with Gasteiger partial charge in [-0.3, -0.25) is 4.79 Å². The Bertz CT molecular complexity index is 123. The molecule has 44 valence electrons. The zero-order valence-corrected chi connectivity index (χ0v) is 4.51. The van der Waals surface area contributed by atoms with Crippen molar-refractivity contribution in [3.8, 4) is 0 Å². The molecule has 1 fully saturated rings. The van der Waals surface area contributed by atoms with Gasteiger partial charge in [0.2, 0.25) is 5.78 Å². The summed E-state index contributed by atoms with van der Waals surface area (Å²) < 4.78 is 4.48. The molecule has 1 atom stereocenters. The Hall–Kier alpha value is -0.860. The van der Waals surface area contributed by atoms with Crippen molar-refractivity contribution < 1.29 is 14.3 Å². The van der Waals surface area contributed by atoms with Gasteiger partial charge in [0.15, 0.2) is 0 Å². The van der Waals surface area contributed by atoms with Crippen molar-refractivity contribution in [3.63, 3.8) is 0 Å². The summed E-state index contributed by atoms with van der Waals surface area (Å²) in [6.45, 7) is 1.70. The van der Waals surface area contributed by atoms with Gasteiger partial charge < -0.3 is 4.74 Å². The Balaban J connectivity index is 2.64. The molecule has 1 heterocycles. The summed E-state index contributed by atoms with van der Waals surface area (Å²) in [6.07, 6.45) is 0.0498. The quantitative estimate of drug-likeness (QED) is 0.326. The van der Waals surface area contributed by atoms with Gasteiger partial charge in [0, 0.05) is 0 Å². The second kappa shape index (κ2) is 1.58. The van der Waals surface area contributed by atoms with Crippen LogP contribution in [0.4, 0.5) is 0 Å². The fourth-order valence-corrected chi connectivity index (χ4v) is 0.635. The molecule has 0 aromatic heterocycles. The average molecular weight is 114 g/mol. The highest BCUT2D eigenvalue weighted by molar-refractivity contribution is 6.35. The summed E-state index contributed by atoms with van der Waals surface area (Å²) in [7, 11) is 0. The van der Waals surface area contributed by atoms with Gasteiger partial charge in [0.1, 0.15) is 6.10 Å². The van der Waals surface area contributed by atoms with E-state index in [1.165, 1.54) is 0 Å². The molecule has 0 bridgehead atoms. The summed E-state index contributed by atoms with van der Waals surface area (Å²) in [5.41, 5.74) is 0. The van der Waals surface area contributed by atoms with Crippen LogP contribution in [0.3, 0.4) is 0 Å². The number of hydrogen-bond acceptors (Lipinski definition) is 3. The average Bonchev–Trinajstić information content (AvgIpc) is 1.85. The fourth-order valence-electron chi connectivity index (χ4n) is 0.635. The molecule has 1 unspecified atom stereocenters. The minimum absolute atomic E-state index is 0.199. The van der Waals surface area contributed by atoms with Crippen LogP contribution in [-0.4, -0.2) is 17.9 Å². The minimum atomic E-state index is -0.683. The van der Waals surface area contributed by atoms with Crippen LogP contribution < -0.4 is 0 Å². The topological polar surface area (TPSA) is 43.4 Å². The van der Waals surface area contributed by atoms with Gasteiger partial charge >= 0.3 is 5.97 Å². The third kappa shape index (κ3) is 0.710. The number of cyclic esters (lactones) is 1. The molecule has 8 heavy (non-hydrogen) atoms. The van der Waals surface area contributed by atoms with Gasteiger partial charge in [-0.05, 0) is 6.92 Å². The molecule has 3 heteroatoms. The van der Waals surface area contributed by atoms with E-state index in [1.807, 2.05) is 0 Å². The number of ether oxygens (including phenoxy) is 1. The van der Waals surface area contributed by atoms with Crippen molar-refractivity contribution in [2.45, 2.75) is 19.4 Å². The molecule has 0 aliphatic carbocycles. The first-order chi connectivity index (χ1) is 3.70. The van der Waals surface area contributed by atoms with E-state index in [9.17, 15) is 9.59 Å². The van der Waals surface area contributed by atoms with Crippen LogP contribution in [-0.2, 0) is 14.3 Å². The van der Waals surface area contributed by atoms with Crippen molar-refractivity contribution in [3.05, 3.63) is 0 Å². The van der Waals surface area contributed by atoms with Crippen molar-refractivity contribution in [1.82, 2.24) is 0 Å². The zero-order valence-electron chi connectivity index (χ0n) is 4.51. The van der Waals surface area contributed by atoms with Crippen molar-refractivity contribution in [2.24, 2.45) is 0 Å². The second-order valence-electron chi connectivity index (χ2n) is 1.84. The van der Waals surface area contributed by atoms with Gasteiger partial charge in [-0.15, -0.1) is 0 Å². The van der Waals surface area contributed by atoms with E-state index < -0.39 is 11.8 Å². The van der Waals surface area contributed by atoms with Gasteiger partial charge in [-0.2, -0.15) is 0 Å². The number of ketones is 1. The summed E-state index contributed by atoms with van der Waals surface area (Å²) >= 11 is 0. The lowest BCUT2D eigenvalue weighted by atomic mass is 10.2. The predicted molar refractivity (Wildman–Crippen MR) is 25.2 cm³/mol. The summed E-state index contributed by atoms with van der Waals surface area (Å²) in [4.78, 5) is 20.5. The van der Waals surface area contributed by atoms with Crippen LogP contribution in [0, 0.1) is 0 Å². The van der Waals surface area contributed by atoms with Crippen molar-refractivity contribution in [2.75, 3.05) is 0 Å². The lowest BCUT2D eigenvalue weighted by molar-refractivity contribution is -0.148. The molecule has 1 aliphatic heterocycles. The van der Waals surface area contributed by atoms with Gasteiger partial charge in [-0.25, -0.2) is 4.79 Å². The monoisotopic (exact) mass is 114 g/mol. The molecule has 0 spiro atoms. The molecule has 3 nitrogen and oxygen atoms in total. The van der Waals surface area contributed by atoms with Crippen LogP contribution in [0.1, 0.15) is 13.3 Å². The molecule has 0 radical (unpaired) electrons. The molecule has 0 amide bonds. The highest BCUT2D eigenvalue weighted by Gasteiger charge is 2.28. The van der Waals surface area contributed by atoms with Crippen LogP contribution in [0.25, 0.3) is 0 Å². The maximum absolute atomic E-state index is 10.3. The van der Waals surface area contributed by atoms with E-state index in [2.05, 4.69) is 4.74 Å². The highest BCUT2D eigenvalue weighted by atomic mass is 16.6. The standard InChI is InChI=1S/C5H6O3/c1-3-2-4(6)5(7)8-3/h3H,2H2,1H3. The number of hydrogen-bond donors (Lipinski definition) is 0. The Kier molecular flexibility index (Phi) is 1.04. The number of rotatable bonds is 0. The molecular formula is C5H6O3. The van der Waals surface area contributed by atoms with E-state index in [4.69, 9.17) is 0 Å². The number of carbonyl (C=O) groups excluding carboxylic acids is 2. The van der Waals surface area contributed by atoms with Gasteiger partial charge in [0.25, 0.3) is 0 Å². The summed E-state index contributed by atoms with van der Waals surface area (Å²) in [6, 6.07) is 0. The number of Topliss-reactive ketones (excluding diaryl/α,β-unsaturated/α-hetero) is 1. The van der Waals surface area contributed by atoms with E-state index in [1.54, 1.807) is 6.92 Å². The third-order valence-electron chi connectivity index (χ3n) is 1.01. The highest BCUT2D eigenvalue weighted by Crippen LogP contribution is 2.07. The number of carbonyl (C=O) groups is 2.